The molecule has 94 valence electrons. The highest BCUT2D eigenvalue weighted by atomic mass is 16.3. The van der Waals surface area contributed by atoms with Gasteiger partial charge < -0.3 is 14.9 Å². The van der Waals surface area contributed by atoms with Gasteiger partial charge in [-0.3, -0.25) is 4.79 Å². The quantitative estimate of drug-likeness (QED) is 0.748. The molecular weight excluding hydrogens is 204 g/mol. The second-order valence-electron chi connectivity index (χ2n) is 4.59. The second-order valence-corrected chi connectivity index (χ2v) is 4.59. The van der Waals surface area contributed by atoms with Crippen molar-refractivity contribution < 1.29 is 9.90 Å². The van der Waals surface area contributed by atoms with Gasteiger partial charge in [0.25, 0.3) is 0 Å². The molecule has 1 rings (SSSR count). The Bertz CT molecular complexity index is 219. The van der Waals surface area contributed by atoms with E-state index < -0.39 is 0 Å². The number of aliphatic hydroxyl groups excluding tert-OH is 1. The van der Waals surface area contributed by atoms with Gasteiger partial charge in [-0.05, 0) is 32.2 Å². The predicted molar refractivity (Wildman–Crippen MR) is 64.2 cm³/mol. The molecule has 1 aliphatic heterocycles. The standard InChI is InChI=1S/C12H24N2O2/c1-3-14(11(2)16)10-12-5-4-6-13(9-12)7-8-15/h12,15H,3-10H2,1-2H3. The first-order valence-electron chi connectivity index (χ1n) is 6.26. The van der Waals surface area contributed by atoms with Crippen molar-refractivity contribution in [1.82, 2.24) is 9.80 Å². The Balaban J connectivity index is 2.38. The molecule has 1 saturated heterocycles. The molecular formula is C12H24N2O2. The van der Waals surface area contributed by atoms with Crippen LogP contribution in [0, 0.1) is 5.92 Å². The van der Waals surface area contributed by atoms with Gasteiger partial charge in [-0.15, -0.1) is 0 Å². The van der Waals surface area contributed by atoms with E-state index in [1.165, 1.54) is 12.8 Å². The molecule has 0 saturated carbocycles. The summed E-state index contributed by atoms with van der Waals surface area (Å²) in [6.07, 6.45) is 2.38. The van der Waals surface area contributed by atoms with Crippen LogP contribution in [0.5, 0.6) is 0 Å². The summed E-state index contributed by atoms with van der Waals surface area (Å²) in [6, 6.07) is 0. The molecule has 1 heterocycles. The van der Waals surface area contributed by atoms with Gasteiger partial charge in [-0.25, -0.2) is 0 Å². The lowest BCUT2D eigenvalue weighted by Gasteiger charge is -2.34. The molecule has 1 amide bonds. The fourth-order valence-electron chi connectivity index (χ4n) is 2.44. The van der Waals surface area contributed by atoms with Crippen molar-refractivity contribution in [2.24, 2.45) is 5.92 Å². The van der Waals surface area contributed by atoms with E-state index in [0.29, 0.717) is 5.92 Å². The van der Waals surface area contributed by atoms with E-state index in [4.69, 9.17) is 5.11 Å². The summed E-state index contributed by atoms with van der Waals surface area (Å²) >= 11 is 0. The van der Waals surface area contributed by atoms with Gasteiger partial charge in [0.15, 0.2) is 0 Å². The maximum atomic E-state index is 11.3. The van der Waals surface area contributed by atoms with Crippen LogP contribution in [-0.4, -0.2) is 60.1 Å². The van der Waals surface area contributed by atoms with E-state index in [1.807, 2.05) is 11.8 Å². The van der Waals surface area contributed by atoms with E-state index in [0.717, 1.165) is 32.7 Å². The predicted octanol–water partition coefficient (Wildman–Crippen LogP) is 0.559. The lowest BCUT2D eigenvalue weighted by molar-refractivity contribution is -0.129. The van der Waals surface area contributed by atoms with Crippen molar-refractivity contribution in [1.29, 1.82) is 0 Å². The van der Waals surface area contributed by atoms with E-state index in [-0.39, 0.29) is 12.5 Å². The minimum Gasteiger partial charge on any atom is -0.395 e. The lowest BCUT2D eigenvalue weighted by atomic mass is 9.97. The number of β-amino-alcohol motifs (C(OH)–C–C–N with tert-alkyl or cyclic N) is 1. The van der Waals surface area contributed by atoms with Crippen LogP contribution in [0.25, 0.3) is 0 Å². The number of aliphatic hydroxyl groups is 1. The number of amides is 1. The number of hydrogen-bond donors (Lipinski definition) is 1. The molecule has 0 spiro atoms. The number of carbonyl (C=O) groups is 1. The SMILES string of the molecule is CCN(CC1CCCN(CCO)C1)C(C)=O. The van der Waals surface area contributed by atoms with Crippen LogP contribution in [0.15, 0.2) is 0 Å². The molecule has 0 aromatic carbocycles. The van der Waals surface area contributed by atoms with Crippen molar-refractivity contribution in [2.45, 2.75) is 26.7 Å². The zero-order valence-corrected chi connectivity index (χ0v) is 10.5. The molecule has 1 aliphatic rings. The number of piperidine rings is 1. The van der Waals surface area contributed by atoms with Crippen LogP contribution in [0.3, 0.4) is 0 Å². The first kappa shape index (κ1) is 13.5. The molecule has 1 fully saturated rings. The smallest absolute Gasteiger partial charge is 0.219 e. The molecule has 1 atom stereocenters. The molecule has 16 heavy (non-hydrogen) atoms. The molecule has 0 aromatic rings. The molecule has 0 aromatic heterocycles. The third kappa shape index (κ3) is 4.10. The molecule has 1 unspecified atom stereocenters. The van der Waals surface area contributed by atoms with E-state index in [1.54, 1.807) is 6.92 Å². The molecule has 1 N–H and O–H groups in total. The molecule has 0 aliphatic carbocycles. The topological polar surface area (TPSA) is 43.8 Å². The zero-order chi connectivity index (χ0) is 12.0. The maximum absolute atomic E-state index is 11.3. The number of likely N-dealkylation sites (tertiary alicyclic amines) is 1. The fourth-order valence-corrected chi connectivity index (χ4v) is 2.44. The third-order valence-corrected chi connectivity index (χ3v) is 3.32. The first-order valence-corrected chi connectivity index (χ1v) is 6.26. The minimum atomic E-state index is 0.168. The van der Waals surface area contributed by atoms with Gasteiger partial charge in [0, 0.05) is 33.1 Å². The highest BCUT2D eigenvalue weighted by Gasteiger charge is 2.21. The summed E-state index contributed by atoms with van der Waals surface area (Å²) in [4.78, 5) is 15.5. The van der Waals surface area contributed by atoms with E-state index in [9.17, 15) is 4.79 Å². The van der Waals surface area contributed by atoms with Crippen molar-refractivity contribution in [3.8, 4) is 0 Å². The summed E-state index contributed by atoms with van der Waals surface area (Å²) in [7, 11) is 0. The second kappa shape index (κ2) is 6.86. The van der Waals surface area contributed by atoms with Crippen LogP contribution in [0.2, 0.25) is 0 Å². The van der Waals surface area contributed by atoms with Crippen molar-refractivity contribution in [3.05, 3.63) is 0 Å². The molecule has 0 bridgehead atoms. The highest BCUT2D eigenvalue weighted by Crippen LogP contribution is 2.17. The maximum Gasteiger partial charge on any atom is 0.219 e. The number of nitrogens with zero attached hydrogens (tertiary/aromatic N) is 2. The fraction of sp³-hybridized carbons (Fsp3) is 0.917. The Morgan fingerprint density at radius 1 is 1.56 bits per heavy atom. The van der Waals surface area contributed by atoms with Gasteiger partial charge in [0.1, 0.15) is 0 Å². The average molecular weight is 228 g/mol. The Labute approximate surface area is 98.2 Å². The summed E-state index contributed by atoms with van der Waals surface area (Å²) in [6.45, 7) is 8.43. The Hall–Kier alpha value is -0.610. The summed E-state index contributed by atoms with van der Waals surface area (Å²) in [5, 5.41) is 8.91. The minimum absolute atomic E-state index is 0.168. The summed E-state index contributed by atoms with van der Waals surface area (Å²) in [5.74, 6) is 0.742. The monoisotopic (exact) mass is 228 g/mol. The average Bonchev–Trinajstić information content (AvgIpc) is 2.26. The molecule has 4 heteroatoms. The van der Waals surface area contributed by atoms with Gasteiger partial charge in [0.05, 0.1) is 6.61 Å². The van der Waals surface area contributed by atoms with Gasteiger partial charge >= 0.3 is 0 Å². The van der Waals surface area contributed by atoms with Crippen LogP contribution in [0.1, 0.15) is 26.7 Å². The van der Waals surface area contributed by atoms with E-state index >= 15 is 0 Å². The largest absolute Gasteiger partial charge is 0.395 e. The van der Waals surface area contributed by atoms with Gasteiger partial charge in [-0.1, -0.05) is 0 Å². The number of rotatable bonds is 5. The molecule has 4 nitrogen and oxygen atoms in total. The van der Waals surface area contributed by atoms with Crippen molar-refractivity contribution in [2.75, 3.05) is 39.3 Å². The Morgan fingerprint density at radius 3 is 2.88 bits per heavy atom. The van der Waals surface area contributed by atoms with Crippen molar-refractivity contribution >= 4 is 5.91 Å². The van der Waals surface area contributed by atoms with Gasteiger partial charge in [0.2, 0.25) is 5.91 Å². The third-order valence-electron chi connectivity index (χ3n) is 3.32. The number of carbonyl (C=O) groups excluding carboxylic acids is 1. The van der Waals surface area contributed by atoms with Crippen LogP contribution in [0.4, 0.5) is 0 Å². The number of hydrogen-bond acceptors (Lipinski definition) is 3. The van der Waals surface area contributed by atoms with Crippen LogP contribution in [-0.2, 0) is 4.79 Å². The molecule has 0 radical (unpaired) electrons. The highest BCUT2D eigenvalue weighted by molar-refractivity contribution is 5.73. The normalized spacial score (nSPS) is 22.1. The van der Waals surface area contributed by atoms with Crippen molar-refractivity contribution in [3.63, 3.8) is 0 Å². The van der Waals surface area contributed by atoms with Crippen LogP contribution >= 0.6 is 0 Å². The zero-order valence-electron chi connectivity index (χ0n) is 10.5. The summed E-state index contributed by atoms with van der Waals surface area (Å²) < 4.78 is 0. The lowest BCUT2D eigenvalue weighted by Crippen LogP contribution is -2.43. The van der Waals surface area contributed by atoms with Gasteiger partial charge in [-0.2, -0.15) is 0 Å². The summed E-state index contributed by atoms with van der Waals surface area (Å²) in [5.41, 5.74) is 0. The Kier molecular flexibility index (Phi) is 5.77. The van der Waals surface area contributed by atoms with Crippen LogP contribution < -0.4 is 0 Å². The Morgan fingerprint density at radius 2 is 2.31 bits per heavy atom. The first-order chi connectivity index (χ1) is 7.67. The van der Waals surface area contributed by atoms with E-state index in [2.05, 4.69) is 4.90 Å².